The maximum atomic E-state index is 12.3. The number of amides is 1. The molecule has 1 aromatic heterocycles. The van der Waals surface area contributed by atoms with Gasteiger partial charge in [0.15, 0.2) is 0 Å². The summed E-state index contributed by atoms with van der Waals surface area (Å²) >= 11 is 0. The second-order valence-corrected chi connectivity index (χ2v) is 6.18. The predicted molar refractivity (Wildman–Crippen MR) is 105 cm³/mol. The topological polar surface area (TPSA) is 70.2 Å². The van der Waals surface area contributed by atoms with Gasteiger partial charge in [0.1, 0.15) is 11.5 Å². The van der Waals surface area contributed by atoms with Gasteiger partial charge in [-0.05, 0) is 48.9 Å². The first-order valence-corrected chi connectivity index (χ1v) is 8.26. The Balaban J connectivity index is 1.65. The third kappa shape index (κ3) is 4.36. The first-order valence-electron chi connectivity index (χ1n) is 8.26. The van der Waals surface area contributed by atoms with Crippen molar-refractivity contribution in [1.29, 1.82) is 0 Å². The molecule has 3 aromatic rings. The molecule has 1 amide bonds. The quantitative estimate of drug-likeness (QED) is 0.734. The van der Waals surface area contributed by atoms with Crippen LogP contribution < -0.4 is 15.5 Å². The third-order valence-corrected chi connectivity index (χ3v) is 3.82. The Morgan fingerprint density at radius 3 is 2.35 bits per heavy atom. The molecule has 26 heavy (non-hydrogen) atoms. The van der Waals surface area contributed by atoms with E-state index in [1.807, 2.05) is 74.4 Å². The molecule has 0 saturated carbocycles. The van der Waals surface area contributed by atoms with E-state index in [-0.39, 0.29) is 11.6 Å². The lowest BCUT2D eigenvalue weighted by atomic mass is 10.2. The summed E-state index contributed by atoms with van der Waals surface area (Å²) in [5.74, 6) is 0.291. The average molecular weight is 347 g/mol. The number of benzene rings is 2. The van der Waals surface area contributed by atoms with Crippen LogP contribution in [-0.2, 0) is 0 Å². The van der Waals surface area contributed by atoms with Gasteiger partial charge in [-0.2, -0.15) is 0 Å². The number of carbonyl (C=O) groups is 1. The minimum Gasteiger partial charge on any atom is -0.378 e. The number of anilines is 4. The smallest absolute Gasteiger partial charge is 0.275 e. The molecule has 0 bridgehead atoms. The van der Waals surface area contributed by atoms with E-state index < -0.39 is 0 Å². The van der Waals surface area contributed by atoms with Crippen molar-refractivity contribution < 1.29 is 4.79 Å². The van der Waals surface area contributed by atoms with Crippen molar-refractivity contribution in [3.8, 4) is 0 Å². The minimum atomic E-state index is -0.287. The molecule has 2 aromatic carbocycles. The number of aromatic nitrogens is 2. The van der Waals surface area contributed by atoms with E-state index in [1.165, 1.54) is 6.20 Å². The molecular weight excluding hydrogens is 326 g/mol. The van der Waals surface area contributed by atoms with E-state index in [1.54, 1.807) is 6.20 Å². The summed E-state index contributed by atoms with van der Waals surface area (Å²) in [6.45, 7) is 1.97. The van der Waals surface area contributed by atoms with Crippen LogP contribution >= 0.6 is 0 Å². The molecular formula is C20H21N5O. The second-order valence-electron chi connectivity index (χ2n) is 6.18. The SMILES string of the molecule is Cc1cccc(NC(=O)c2cnc(Nc3ccc(N(C)C)cc3)cn2)c1. The second kappa shape index (κ2) is 7.65. The van der Waals surface area contributed by atoms with Gasteiger partial charge in [0, 0.05) is 31.2 Å². The Morgan fingerprint density at radius 1 is 0.962 bits per heavy atom. The standard InChI is InChI=1S/C20H21N5O/c1-14-5-4-6-16(11-14)24-20(26)18-12-22-19(13-21-18)23-15-7-9-17(10-8-15)25(2)3/h4-13H,1-3H3,(H,22,23)(H,24,26). The van der Waals surface area contributed by atoms with Crippen LogP contribution in [0, 0.1) is 6.92 Å². The molecule has 2 N–H and O–H groups in total. The van der Waals surface area contributed by atoms with Crippen LogP contribution in [-0.4, -0.2) is 30.0 Å². The van der Waals surface area contributed by atoms with Crippen LogP contribution in [0.25, 0.3) is 0 Å². The number of nitrogens with one attached hydrogen (secondary N) is 2. The maximum absolute atomic E-state index is 12.3. The minimum absolute atomic E-state index is 0.264. The maximum Gasteiger partial charge on any atom is 0.275 e. The summed E-state index contributed by atoms with van der Waals surface area (Å²) in [5.41, 5.74) is 4.10. The van der Waals surface area contributed by atoms with Gasteiger partial charge in [0.2, 0.25) is 0 Å². The molecule has 0 saturated heterocycles. The zero-order chi connectivity index (χ0) is 18.5. The molecule has 0 radical (unpaired) electrons. The van der Waals surface area contributed by atoms with Crippen molar-refractivity contribution in [2.24, 2.45) is 0 Å². The Morgan fingerprint density at radius 2 is 1.73 bits per heavy atom. The highest BCUT2D eigenvalue weighted by Crippen LogP contribution is 2.18. The summed E-state index contributed by atoms with van der Waals surface area (Å²) in [6, 6.07) is 15.6. The van der Waals surface area contributed by atoms with Gasteiger partial charge in [-0.15, -0.1) is 0 Å². The lowest BCUT2D eigenvalue weighted by molar-refractivity contribution is 0.102. The third-order valence-electron chi connectivity index (χ3n) is 3.82. The first-order chi connectivity index (χ1) is 12.5. The number of aryl methyl sites for hydroxylation is 1. The zero-order valence-corrected chi connectivity index (χ0v) is 15.0. The van der Waals surface area contributed by atoms with Crippen LogP contribution in [0.5, 0.6) is 0 Å². The number of hydrogen-bond donors (Lipinski definition) is 2. The van der Waals surface area contributed by atoms with E-state index >= 15 is 0 Å². The normalized spacial score (nSPS) is 10.3. The molecule has 0 unspecified atom stereocenters. The van der Waals surface area contributed by atoms with Crippen molar-refractivity contribution in [2.75, 3.05) is 29.6 Å². The van der Waals surface area contributed by atoms with E-state index in [4.69, 9.17) is 0 Å². The molecule has 0 aliphatic rings. The highest BCUT2D eigenvalue weighted by Gasteiger charge is 2.09. The van der Waals surface area contributed by atoms with Gasteiger partial charge >= 0.3 is 0 Å². The van der Waals surface area contributed by atoms with E-state index in [0.717, 1.165) is 22.6 Å². The van der Waals surface area contributed by atoms with E-state index in [9.17, 15) is 4.79 Å². The van der Waals surface area contributed by atoms with E-state index in [0.29, 0.717) is 5.82 Å². The highest BCUT2D eigenvalue weighted by molar-refractivity contribution is 6.02. The van der Waals surface area contributed by atoms with Crippen LogP contribution in [0.15, 0.2) is 60.9 Å². The lowest BCUT2D eigenvalue weighted by Gasteiger charge is -2.13. The fourth-order valence-electron chi connectivity index (χ4n) is 2.42. The molecule has 1 heterocycles. The zero-order valence-electron chi connectivity index (χ0n) is 15.0. The Bertz CT molecular complexity index is 889. The summed E-state index contributed by atoms with van der Waals surface area (Å²) in [4.78, 5) is 22.8. The van der Waals surface area contributed by atoms with E-state index in [2.05, 4.69) is 20.6 Å². The number of nitrogens with zero attached hydrogens (tertiary/aromatic N) is 3. The summed E-state index contributed by atoms with van der Waals surface area (Å²) < 4.78 is 0. The Labute approximate surface area is 152 Å². The van der Waals surface area contributed by atoms with Gasteiger partial charge in [-0.3, -0.25) is 4.79 Å². The van der Waals surface area contributed by atoms with Crippen LogP contribution in [0.3, 0.4) is 0 Å². The monoisotopic (exact) mass is 347 g/mol. The highest BCUT2D eigenvalue weighted by atomic mass is 16.1. The summed E-state index contributed by atoms with van der Waals surface area (Å²) in [7, 11) is 3.99. The number of rotatable bonds is 5. The molecule has 6 nitrogen and oxygen atoms in total. The molecule has 0 fully saturated rings. The van der Waals surface area contributed by atoms with Gasteiger partial charge in [0.05, 0.1) is 12.4 Å². The molecule has 3 rings (SSSR count). The fraction of sp³-hybridized carbons (Fsp3) is 0.150. The molecule has 0 aliphatic heterocycles. The lowest BCUT2D eigenvalue weighted by Crippen LogP contribution is -2.14. The van der Waals surface area contributed by atoms with Crippen molar-refractivity contribution in [3.05, 3.63) is 72.2 Å². The molecule has 6 heteroatoms. The van der Waals surface area contributed by atoms with Gasteiger partial charge in [0.25, 0.3) is 5.91 Å². The van der Waals surface area contributed by atoms with Crippen molar-refractivity contribution in [2.45, 2.75) is 6.92 Å². The average Bonchev–Trinajstić information content (AvgIpc) is 2.63. The van der Waals surface area contributed by atoms with Gasteiger partial charge in [-0.25, -0.2) is 9.97 Å². The van der Waals surface area contributed by atoms with Gasteiger partial charge < -0.3 is 15.5 Å². The fourth-order valence-corrected chi connectivity index (χ4v) is 2.42. The summed E-state index contributed by atoms with van der Waals surface area (Å²) in [5, 5.41) is 5.99. The molecule has 0 aliphatic carbocycles. The van der Waals surface area contributed by atoms with Crippen molar-refractivity contribution >= 4 is 28.8 Å². The molecule has 0 atom stereocenters. The molecule has 0 spiro atoms. The van der Waals surface area contributed by atoms with Crippen molar-refractivity contribution in [1.82, 2.24) is 9.97 Å². The largest absolute Gasteiger partial charge is 0.378 e. The van der Waals surface area contributed by atoms with Crippen LogP contribution in [0.1, 0.15) is 16.1 Å². The first kappa shape index (κ1) is 17.4. The summed E-state index contributed by atoms with van der Waals surface area (Å²) in [6.07, 6.45) is 3.01. The number of hydrogen-bond acceptors (Lipinski definition) is 5. The van der Waals surface area contributed by atoms with Gasteiger partial charge in [-0.1, -0.05) is 12.1 Å². The van der Waals surface area contributed by atoms with Crippen LogP contribution in [0.4, 0.5) is 22.9 Å². The Kier molecular flexibility index (Phi) is 5.12. The van der Waals surface area contributed by atoms with Crippen LogP contribution in [0.2, 0.25) is 0 Å². The Hall–Kier alpha value is -3.41. The predicted octanol–water partition coefficient (Wildman–Crippen LogP) is 3.85. The molecule has 132 valence electrons. The van der Waals surface area contributed by atoms with Crippen molar-refractivity contribution in [3.63, 3.8) is 0 Å². The number of carbonyl (C=O) groups excluding carboxylic acids is 1.